The summed E-state index contributed by atoms with van der Waals surface area (Å²) < 4.78 is 27.7. The van der Waals surface area contributed by atoms with Gasteiger partial charge in [-0.05, 0) is 57.2 Å². The number of nitrogens with one attached hydrogen (secondary N) is 1. The largest absolute Gasteiger partial charge is 0.339 e. The summed E-state index contributed by atoms with van der Waals surface area (Å²) in [5.74, 6) is 0.313. The van der Waals surface area contributed by atoms with Gasteiger partial charge in [0.15, 0.2) is 0 Å². The quantitative estimate of drug-likeness (QED) is 0.807. The summed E-state index contributed by atoms with van der Waals surface area (Å²) >= 11 is 1.73. The second-order valence-electron chi connectivity index (χ2n) is 7.75. The molecule has 1 aliphatic carbocycles. The van der Waals surface area contributed by atoms with Crippen LogP contribution in [-0.4, -0.2) is 43.3 Å². The summed E-state index contributed by atoms with van der Waals surface area (Å²) in [4.78, 5) is 20.8. The van der Waals surface area contributed by atoms with Crippen LogP contribution in [0.5, 0.6) is 0 Å². The highest BCUT2D eigenvalue weighted by atomic mass is 32.2. The van der Waals surface area contributed by atoms with E-state index in [0.717, 1.165) is 36.3 Å². The van der Waals surface area contributed by atoms with E-state index in [-0.39, 0.29) is 16.8 Å². The molecule has 28 heavy (non-hydrogen) atoms. The van der Waals surface area contributed by atoms with Crippen molar-refractivity contribution in [3.63, 3.8) is 0 Å². The minimum Gasteiger partial charge on any atom is -0.339 e. The van der Waals surface area contributed by atoms with Crippen LogP contribution >= 0.6 is 11.3 Å². The fourth-order valence-corrected chi connectivity index (χ4v) is 5.82. The molecular weight excluding hydrogens is 394 g/mol. The maximum atomic E-state index is 13.1. The Balaban J connectivity index is 1.48. The van der Waals surface area contributed by atoms with Crippen molar-refractivity contribution in [2.24, 2.45) is 0 Å². The molecule has 150 valence electrons. The van der Waals surface area contributed by atoms with Gasteiger partial charge in [0, 0.05) is 41.7 Å². The average molecular weight is 420 g/mol. The molecular formula is C20H25N3O3S2. The number of thiazole rings is 1. The number of carbonyl (C=O) groups excluding carboxylic acids is 1. The molecule has 1 saturated carbocycles. The van der Waals surface area contributed by atoms with Crippen molar-refractivity contribution in [2.75, 3.05) is 13.1 Å². The molecule has 1 aromatic heterocycles. The Morgan fingerprint density at radius 3 is 2.50 bits per heavy atom. The third kappa shape index (κ3) is 4.14. The van der Waals surface area contributed by atoms with Gasteiger partial charge in [-0.1, -0.05) is 6.07 Å². The second-order valence-corrected chi connectivity index (χ2v) is 10.7. The van der Waals surface area contributed by atoms with Crippen molar-refractivity contribution in [2.45, 2.75) is 56.4 Å². The number of aryl methyl sites for hydroxylation is 2. The zero-order valence-electron chi connectivity index (χ0n) is 16.1. The van der Waals surface area contributed by atoms with Crippen molar-refractivity contribution in [1.82, 2.24) is 14.6 Å². The van der Waals surface area contributed by atoms with Crippen LogP contribution in [0, 0.1) is 13.8 Å². The van der Waals surface area contributed by atoms with Gasteiger partial charge in [0.05, 0.1) is 9.90 Å². The first kappa shape index (κ1) is 19.5. The highest BCUT2D eigenvalue weighted by molar-refractivity contribution is 7.89. The SMILES string of the molecule is Cc1cnc(C2CCN(C(=O)c3cc(S(=O)(=O)NC4CC4)ccc3C)CC2)s1. The smallest absolute Gasteiger partial charge is 0.254 e. The number of amides is 1. The molecule has 1 amide bonds. The lowest BCUT2D eigenvalue weighted by atomic mass is 9.96. The highest BCUT2D eigenvalue weighted by Crippen LogP contribution is 2.31. The Hall–Kier alpha value is -1.77. The first-order chi connectivity index (χ1) is 13.3. The fraction of sp³-hybridized carbons (Fsp3) is 0.500. The molecule has 0 atom stereocenters. The topological polar surface area (TPSA) is 79.4 Å². The number of aromatic nitrogens is 1. The van der Waals surface area contributed by atoms with Crippen LogP contribution in [0.2, 0.25) is 0 Å². The van der Waals surface area contributed by atoms with E-state index in [2.05, 4.69) is 16.6 Å². The maximum absolute atomic E-state index is 13.1. The van der Waals surface area contributed by atoms with Gasteiger partial charge in [0.2, 0.25) is 10.0 Å². The lowest BCUT2D eigenvalue weighted by Gasteiger charge is -2.31. The Labute approximate surface area is 170 Å². The van der Waals surface area contributed by atoms with Crippen molar-refractivity contribution < 1.29 is 13.2 Å². The van der Waals surface area contributed by atoms with E-state index in [1.807, 2.05) is 18.0 Å². The van der Waals surface area contributed by atoms with Crippen molar-refractivity contribution in [3.8, 4) is 0 Å². The van der Waals surface area contributed by atoms with Gasteiger partial charge >= 0.3 is 0 Å². The van der Waals surface area contributed by atoms with E-state index in [0.29, 0.717) is 24.6 Å². The lowest BCUT2D eigenvalue weighted by molar-refractivity contribution is 0.0712. The van der Waals surface area contributed by atoms with Crippen molar-refractivity contribution >= 4 is 27.3 Å². The number of rotatable bonds is 5. The molecule has 1 aliphatic heterocycles. The van der Waals surface area contributed by atoms with Gasteiger partial charge in [0.1, 0.15) is 0 Å². The van der Waals surface area contributed by atoms with Gasteiger partial charge in [-0.3, -0.25) is 4.79 Å². The molecule has 1 aromatic carbocycles. The van der Waals surface area contributed by atoms with E-state index in [1.54, 1.807) is 23.5 Å². The summed E-state index contributed by atoms with van der Waals surface area (Å²) in [6.45, 7) is 5.24. The van der Waals surface area contributed by atoms with Gasteiger partial charge in [0.25, 0.3) is 5.91 Å². The fourth-order valence-electron chi connectivity index (χ4n) is 3.55. The first-order valence-electron chi connectivity index (χ1n) is 9.68. The molecule has 0 radical (unpaired) electrons. The molecule has 1 saturated heterocycles. The Morgan fingerprint density at radius 2 is 1.89 bits per heavy atom. The summed E-state index contributed by atoms with van der Waals surface area (Å²) in [7, 11) is -3.57. The Morgan fingerprint density at radius 1 is 1.18 bits per heavy atom. The first-order valence-corrected chi connectivity index (χ1v) is 12.0. The van der Waals surface area contributed by atoms with Gasteiger partial charge in [-0.15, -0.1) is 11.3 Å². The number of hydrogen-bond acceptors (Lipinski definition) is 5. The molecule has 8 heteroatoms. The number of nitrogens with zero attached hydrogens (tertiary/aromatic N) is 2. The minimum atomic E-state index is -3.57. The van der Waals surface area contributed by atoms with E-state index in [4.69, 9.17) is 0 Å². The summed E-state index contributed by atoms with van der Waals surface area (Å²) in [6, 6.07) is 4.87. The molecule has 2 aliphatic rings. The van der Waals surface area contributed by atoms with Crippen LogP contribution in [0.15, 0.2) is 29.3 Å². The standard InChI is InChI=1S/C20H25N3O3S2/c1-13-3-6-17(28(25,26)22-16-4-5-16)11-18(13)20(24)23-9-7-15(8-10-23)19-21-12-14(2)27-19/h3,6,11-12,15-16,22H,4-5,7-10H2,1-2H3. The number of sulfonamides is 1. The predicted molar refractivity (Wildman–Crippen MR) is 109 cm³/mol. The predicted octanol–water partition coefficient (Wildman–Crippen LogP) is 3.22. The van der Waals surface area contributed by atoms with Crippen molar-refractivity contribution in [1.29, 1.82) is 0 Å². The number of piperidine rings is 1. The molecule has 2 heterocycles. The summed E-state index contributed by atoms with van der Waals surface area (Å²) in [6.07, 6.45) is 5.44. The molecule has 4 rings (SSSR count). The van der Waals surface area contributed by atoms with Crippen LogP contribution in [-0.2, 0) is 10.0 Å². The number of benzene rings is 1. The van der Waals surface area contributed by atoms with Crippen LogP contribution in [0.4, 0.5) is 0 Å². The average Bonchev–Trinajstić information content (AvgIpc) is 3.37. The Kier molecular flexibility index (Phi) is 5.28. The molecule has 1 N–H and O–H groups in total. The lowest BCUT2D eigenvalue weighted by Crippen LogP contribution is -2.38. The third-order valence-electron chi connectivity index (χ3n) is 5.42. The van der Waals surface area contributed by atoms with Crippen LogP contribution in [0.25, 0.3) is 0 Å². The molecule has 0 spiro atoms. The normalized spacial score (nSPS) is 18.4. The summed E-state index contributed by atoms with van der Waals surface area (Å²) in [5.41, 5.74) is 1.27. The zero-order valence-corrected chi connectivity index (χ0v) is 17.8. The maximum Gasteiger partial charge on any atom is 0.254 e. The molecule has 0 unspecified atom stereocenters. The number of hydrogen-bond donors (Lipinski definition) is 1. The minimum absolute atomic E-state index is 0.0407. The summed E-state index contributed by atoms with van der Waals surface area (Å²) in [5, 5.41) is 1.15. The highest BCUT2D eigenvalue weighted by Gasteiger charge is 2.30. The monoisotopic (exact) mass is 419 g/mol. The van der Waals surface area contributed by atoms with Gasteiger partial charge < -0.3 is 4.90 Å². The van der Waals surface area contributed by atoms with Crippen LogP contribution in [0.3, 0.4) is 0 Å². The van der Waals surface area contributed by atoms with Crippen molar-refractivity contribution in [3.05, 3.63) is 45.4 Å². The molecule has 6 nitrogen and oxygen atoms in total. The number of likely N-dealkylation sites (tertiary alicyclic amines) is 1. The second kappa shape index (κ2) is 7.57. The third-order valence-corrected chi connectivity index (χ3v) is 8.01. The molecule has 0 bridgehead atoms. The number of carbonyl (C=O) groups is 1. The molecule has 2 aromatic rings. The van der Waals surface area contributed by atoms with E-state index in [9.17, 15) is 13.2 Å². The van der Waals surface area contributed by atoms with Crippen LogP contribution < -0.4 is 4.72 Å². The molecule has 2 fully saturated rings. The Bertz CT molecular complexity index is 988. The zero-order chi connectivity index (χ0) is 19.9. The van der Waals surface area contributed by atoms with Gasteiger partial charge in [-0.2, -0.15) is 0 Å². The van der Waals surface area contributed by atoms with E-state index < -0.39 is 10.0 Å². The van der Waals surface area contributed by atoms with Gasteiger partial charge in [-0.25, -0.2) is 18.1 Å². The van der Waals surface area contributed by atoms with E-state index >= 15 is 0 Å². The van der Waals surface area contributed by atoms with E-state index in [1.165, 1.54) is 10.9 Å². The van der Waals surface area contributed by atoms with Crippen LogP contribution in [0.1, 0.15) is 57.4 Å².